The Kier molecular flexibility index (Phi) is 5.55. The Balaban J connectivity index is 1.87. The number of nitrogens with one attached hydrogen (secondary N) is 2. The molecule has 5 nitrogen and oxygen atoms in total. The third-order valence-corrected chi connectivity index (χ3v) is 3.18. The van der Waals surface area contributed by atoms with Gasteiger partial charge in [-0.3, -0.25) is 0 Å². The van der Waals surface area contributed by atoms with E-state index >= 15 is 0 Å². The highest BCUT2D eigenvalue weighted by Gasteiger charge is 2.12. The molecule has 2 rings (SSSR count). The fourth-order valence-corrected chi connectivity index (χ4v) is 2.12. The summed E-state index contributed by atoms with van der Waals surface area (Å²) in [6.45, 7) is 4.28. The van der Waals surface area contributed by atoms with E-state index in [1.165, 1.54) is 6.08 Å². The Morgan fingerprint density at radius 3 is 2.95 bits per heavy atom. The number of ether oxygens (including phenoxy) is 1. The number of hydrogen-bond acceptors (Lipinski definition) is 5. The molecule has 0 aromatic carbocycles. The number of aromatic nitrogens is 1. The van der Waals surface area contributed by atoms with Crippen LogP contribution in [0.25, 0.3) is 6.08 Å². The van der Waals surface area contributed by atoms with Gasteiger partial charge in [0.1, 0.15) is 5.82 Å². The van der Waals surface area contributed by atoms with E-state index in [1.54, 1.807) is 19.2 Å². The lowest BCUT2D eigenvalue weighted by molar-refractivity contribution is -0.137. The first kappa shape index (κ1) is 14.5. The standard InChI is InChI=1S/C15H21N3O2/c1-2-20-15(19)6-4-12-3-5-14(17-11-12)18-13-7-9-16-10-8-13/h3-6,11,13,16H,2,7-10H2,1H3,(H,17,18). The third kappa shape index (κ3) is 4.66. The molecule has 0 radical (unpaired) electrons. The highest BCUT2D eigenvalue weighted by Crippen LogP contribution is 2.12. The molecule has 108 valence electrons. The SMILES string of the molecule is CCOC(=O)C=Cc1ccc(NC2CCNCC2)nc1. The summed E-state index contributed by atoms with van der Waals surface area (Å²) in [6, 6.07) is 4.36. The summed E-state index contributed by atoms with van der Waals surface area (Å²) in [7, 11) is 0. The summed E-state index contributed by atoms with van der Waals surface area (Å²) >= 11 is 0. The zero-order valence-corrected chi connectivity index (χ0v) is 11.8. The number of carbonyl (C=O) groups excluding carboxylic acids is 1. The monoisotopic (exact) mass is 275 g/mol. The van der Waals surface area contributed by atoms with Gasteiger partial charge in [-0.15, -0.1) is 0 Å². The number of rotatable bonds is 5. The van der Waals surface area contributed by atoms with Gasteiger partial charge in [0.15, 0.2) is 0 Å². The number of piperidine rings is 1. The summed E-state index contributed by atoms with van der Waals surface area (Å²) in [5, 5.41) is 6.76. The predicted molar refractivity (Wildman–Crippen MR) is 79.4 cm³/mol. The molecule has 0 saturated carbocycles. The Hall–Kier alpha value is -1.88. The van der Waals surface area contributed by atoms with Crippen LogP contribution in [0.3, 0.4) is 0 Å². The number of nitrogens with zero attached hydrogens (tertiary/aromatic N) is 1. The van der Waals surface area contributed by atoms with E-state index in [4.69, 9.17) is 4.74 Å². The lowest BCUT2D eigenvalue weighted by Gasteiger charge is -2.24. The Labute approximate surface area is 119 Å². The van der Waals surface area contributed by atoms with Crippen molar-refractivity contribution >= 4 is 17.9 Å². The van der Waals surface area contributed by atoms with Crippen LogP contribution in [-0.2, 0) is 9.53 Å². The van der Waals surface area contributed by atoms with E-state index < -0.39 is 0 Å². The van der Waals surface area contributed by atoms with Crippen LogP contribution >= 0.6 is 0 Å². The number of pyridine rings is 1. The molecule has 20 heavy (non-hydrogen) atoms. The van der Waals surface area contributed by atoms with Crippen LogP contribution in [0.4, 0.5) is 5.82 Å². The second kappa shape index (κ2) is 7.65. The molecule has 0 bridgehead atoms. The largest absolute Gasteiger partial charge is 0.463 e. The number of anilines is 1. The average Bonchev–Trinajstić information content (AvgIpc) is 2.48. The number of esters is 1. The van der Waals surface area contributed by atoms with Gasteiger partial charge in [0.25, 0.3) is 0 Å². The second-order valence-corrected chi connectivity index (χ2v) is 4.73. The van der Waals surface area contributed by atoms with Crippen LogP contribution in [0.2, 0.25) is 0 Å². The van der Waals surface area contributed by atoms with Crippen molar-refractivity contribution in [3.8, 4) is 0 Å². The molecule has 0 amide bonds. The maximum Gasteiger partial charge on any atom is 0.330 e. The van der Waals surface area contributed by atoms with Gasteiger partial charge in [-0.2, -0.15) is 0 Å². The third-order valence-electron chi connectivity index (χ3n) is 3.18. The average molecular weight is 275 g/mol. The molecule has 1 aliphatic rings. The summed E-state index contributed by atoms with van der Waals surface area (Å²) in [6.07, 6.45) is 7.11. The molecule has 1 saturated heterocycles. The van der Waals surface area contributed by atoms with Crippen LogP contribution in [0, 0.1) is 0 Å². The van der Waals surface area contributed by atoms with Gasteiger partial charge in [0.05, 0.1) is 6.61 Å². The van der Waals surface area contributed by atoms with E-state index in [0.717, 1.165) is 37.3 Å². The van der Waals surface area contributed by atoms with Gasteiger partial charge in [0.2, 0.25) is 0 Å². The smallest absolute Gasteiger partial charge is 0.330 e. The molecule has 1 aromatic heterocycles. The molecule has 5 heteroatoms. The molecule has 2 heterocycles. The molecule has 0 unspecified atom stereocenters. The lowest BCUT2D eigenvalue weighted by Crippen LogP contribution is -2.35. The molecular formula is C15H21N3O2. The second-order valence-electron chi connectivity index (χ2n) is 4.73. The summed E-state index contributed by atoms with van der Waals surface area (Å²) in [5.74, 6) is 0.551. The summed E-state index contributed by atoms with van der Waals surface area (Å²) < 4.78 is 4.82. The van der Waals surface area contributed by atoms with Crippen molar-refractivity contribution in [1.82, 2.24) is 10.3 Å². The topological polar surface area (TPSA) is 63.2 Å². The molecule has 0 aliphatic carbocycles. The van der Waals surface area contributed by atoms with Gasteiger partial charge in [-0.05, 0) is 56.6 Å². The maximum atomic E-state index is 11.2. The molecule has 1 aromatic rings. The van der Waals surface area contributed by atoms with E-state index in [9.17, 15) is 4.79 Å². The Morgan fingerprint density at radius 2 is 2.30 bits per heavy atom. The van der Waals surface area contributed by atoms with Crippen molar-refractivity contribution in [2.24, 2.45) is 0 Å². The fraction of sp³-hybridized carbons (Fsp3) is 0.467. The van der Waals surface area contributed by atoms with Crippen LogP contribution < -0.4 is 10.6 Å². The van der Waals surface area contributed by atoms with Crippen LogP contribution in [0.1, 0.15) is 25.3 Å². The lowest BCUT2D eigenvalue weighted by atomic mass is 10.1. The van der Waals surface area contributed by atoms with Gasteiger partial charge < -0.3 is 15.4 Å². The van der Waals surface area contributed by atoms with Gasteiger partial charge in [0, 0.05) is 18.3 Å². The normalized spacial score (nSPS) is 16.2. The van der Waals surface area contributed by atoms with Crippen molar-refractivity contribution in [1.29, 1.82) is 0 Å². The fourth-order valence-electron chi connectivity index (χ4n) is 2.12. The highest BCUT2D eigenvalue weighted by atomic mass is 16.5. The minimum absolute atomic E-state index is 0.329. The zero-order valence-electron chi connectivity index (χ0n) is 11.8. The van der Waals surface area contributed by atoms with E-state index in [2.05, 4.69) is 15.6 Å². The zero-order chi connectivity index (χ0) is 14.2. The van der Waals surface area contributed by atoms with Crippen molar-refractivity contribution in [2.45, 2.75) is 25.8 Å². The quantitative estimate of drug-likeness (QED) is 0.634. The molecule has 2 N–H and O–H groups in total. The van der Waals surface area contributed by atoms with Crippen molar-refractivity contribution in [2.75, 3.05) is 25.0 Å². The first-order chi connectivity index (χ1) is 9.78. The minimum atomic E-state index is -0.329. The summed E-state index contributed by atoms with van der Waals surface area (Å²) in [5.41, 5.74) is 0.883. The summed E-state index contributed by atoms with van der Waals surface area (Å²) in [4.78, 5) is 15.6. The van der Waals surface area contributed by atoms with Crippen LogP contribution in [0.15, 0.2) is 24.4 Å². The van der Waals surface area contributed by atoms with E-state index in [0.29, 0.717) is 12.6 Å². The Bertz CT molecular complexity index is 451. The van der Waals surface area contributed by atoms with Crippen molar-refractivity contribution in [3.05, 3.63) is 30.0 Å². The van der Waals surface area contributed by atoms with Gasteiger partial charge in [-0.25, -0.2) is 9.78 Å². The van der Waals surface area contributed by atoms with Crippen molar-refractivity contribution in [3.63, 3.8) is 0 Å². The number of hydrogen-bond donors (Lipinski definition) is 2. The first-order valence-corrected chi connectivity index (χ1v) is 7.06. The van der Waals surface area contributed by atoms with Crippen LogP contribution in [0.5, 0.6) is 0 Å². The Morgan fingerprint density at radius 1 is 1.50 bits per heavy atom. The molecule has 1 fully saturated rings. The number of carbonyl (C=O) groups is 1. The molecular weight excluding hydrogens is 254 g/mol. The van der Waals surface area contributed by atoms with Crippen molar-refractivity contribution < 1.29 is 9.53 Å². The molecule has 0 atom stereocenters. The van der Waals surface area contributed by atoms with E-state index in [1.807, 2.05) is 12.1 Å². The maximum absolute atomic E-state index is 11.2. The molecule has 1 aliphatic heterocycles. The van der Waals surface area contributed by atoms with Gasteiger partial charge >= 0.3 is 5.97 Å². The van der Waals surface area contributed by atoms with Crippen LogP contribution in [-0.4, -0.2) is 36.7 Å². The van der Waals surface area contributed by atoms with E-state index in [-0.39, 0.29) is 5.97 Å². The minimum Gasteiger partial charge on any atom is -0.463 e. The van der Waals surface area contributed by atoms with Gasteiger partial charge in [-0.1, -0.05) is 0 Å². The molecule has 0 spiro atoms. The predicted octanol–water partition coefficient (Wildman–Crippen LogP) is 1.82. The first-order valence-electron chi connectivity index (χ1n) is 7.06. The highest BCUT2D eigenvalue weighted by molar-refractivity contribution is 5.86.